The molecular formula is C12H20ClN5. The molecule has 1 saturated heterocycles. The maximum Gasteiger partial charge on any atom is 0.231 e. The van der Waals surface area contributed by atoms with Crippen molar-refractivity contribution in [3.05, 3.63) is 5.28 Å². The summed E-state index contributed by atoms with van der Waals surface area (Å²) in [4.78, 5) is 16.9. The molecule has 0 spiro atoms. The molecule has 0 aliphatic carbocycles. The molecule has 0 N–H and O–H groups in total. The molecule has 1 aliphatic rings. The van der Waals surface area contributed by atoms with Gasteiger partial charge in [0.2, 0.25) is 17.2 Å². The van der Waals surface area contributed by atoms with Crippen LogP contribution in [-0.2, 0) is 0 Å². The first-order valence-electron chi connectivity index (χ1n) is 6.33. The number of piperidine rings is 1. The zero-order chi connectivity index (χ0) is 13.3. The predicted molar refractivity (Wildman–Crippen MR) is 74.4 cm³/mol. The summed E-state index contributed by atoms with van der Waals surface area (Å²) < 4.78 is 0. The zero-order valence-electron chi connectivity index (χ0n) is 11.4. The van der Waals surface area contributed by atoms with E-state index < -0.39 is 0 Å². The van der Waals surface area contributed by atoms with Crippen molar-refractivity contribution in [3.63, 3.8) is 0 Å². The smallest absolute Gasteiger partial charge is 0.231 e. The van der Waals surface area contributed by atoms with E-state index >= 15 is 0 Å². The van der Waals surface area contributed by atoms with Crippen molar-refractivity contribution < 1.29 is 0 Å². The van der Waals surface area contributed by atoms with E-state index in [1.54, 1.807) is 0 Å². The highest BCUT2D eigenvalue weighted by Crippen LogP contribution is 2.26. The van der Waals surface area contributed by atoms with E-state index in [9.17, 15) is 0 Å². The molecule has 2 unspecified atom stereocenters. The summed E-state index contributed by atoms with van der Waals surface area (Å²) in [6, 6.07) is 0.453. The normalized spacial score (nSPS) is 24.2. The third-order valence-electron chi connectivity index (χ3n) is 3.36. The van der Waals surface area contributed by atoms with Crippen LogP contribution in [0.5, 0.6) is 0 Å². The molecule has 0 amide bonds. The van der Waals surface area contributed by atoms with E-state index in [1.807, 2.05) is 19.0 Å². The van der Waals surface area contributed by atoms with Gasteiger partial charge in [-0.25, -0.2) is 0 Å². The van der Waals surface area contributed by atoms with Gasteiger partial charge in [-0.15, -0.1) is 0 Å². The van der Waals surface area contributed by atoms with Gasteiger partial charge in [0.25, 0.3) is 0 Å². The zero-order valence-corrected chi connectivity index (χ0v) is 12.1. The van der Waals surface area contributed by atoms with E-state index in [4.69, 9.17) is 11.6 Å². The van der Waals surface area contributed by atoms with Crippen molar-refractivity contribution in [3.8, 4) is 0 Å². The molecule has 1 fully saturated rings. The molecule has 0 bridgehead atoms. The van der Waals surface area contributed by atoms with Gasteiger partial charge in [-0.2, -0.15) is 15.0 Å². The van der Waals surface area contributed by atoms with Gasteiger partial charge in [0.15, 0.2) is 0 Å². The van der Waals surface area contributed by atoms with Crippen molar-refractivity contribution in [2.45, 2.75) is 32.7 Å². The summed E-state index contributed by atoms with van der Waals surface area (Å²) in [7, 11) is 3.80. The van der Waals surface area contributed by atoms with Crippen molar-refractivity contribution in [1.29, 1.82) is 0 Å². The molecule has 1 aliphatic heterocycles. The monoisotopic (exact) mass is 269 g/mol. The Morgan fingerprint density at radius 1 is 1.17 bits per heavy atom. The van der Waals surface area contributed by atoms with Gasteiger partial charge in [-0.05, 0) is 37.3 Å². The second-order valence-corrected chi connectivity index (χ2v) is 5.62. The lowest BCUT2D eigenvalue weighted by atomic mass is 9.95. The molecule has 1 aromatic heterocycles. The molecule has 2 heterocycles. The van der Waals surface area contributed by atoms with Gasteiger partial charge in [-0.3, -0.25) is 0 Å². The fraction of sp³-hybridized carbons (Fsp3) is 0.750. The Kier molecular flexibility index (Phi) is 3.90. The van der Waals surface area contributed by atoms with Crippen LogP contribution in [0.4, 0.5) is 11.9 Å². The van der Waals surface area contributed by atoms with Crippen LogP contribution >= 0.6 is 11.6 Å². The van der Waals surface area contributed by atoms with Crippen LogP contribution < -0.4 is 9.80 Å². The highest BCUT2D eigenvalue weighted by Gasteiger charge is 2.25. The van der Waals surface area contributed by atoms with Gasteiger partial charge in [-0.1, -0.05) is 6.92 Å². The second kappa shape index (κ2) is 5.26. The third kappa shape index (κ3) is 2.83. The molecule has 1 aromatic rings. The Bertz CT molecular complexity index is 423. The van der Waals surface area contributed by atoms with E-state index in [2.05, 4.69) is 33.7 Å². The highest BCUT2D eigenvalue weighted by atomic mass is 35.5. The molecule has 6 heteroatoms. The maximum atomic E-state index is 5.98. The highest BCUT2D eigenvalue weighted by molar-refractivity contribution is 6.28. The minimum absolute atomic E-state index is 0.258. The van der Waals surface area contributed by atoms with Crippen LogP contribution in [0.25, 0.3) is 0 Å². The van der Waals surface area contributed by atoms with Gasteiger partial charge in [0, 0.05) is 26.7 Å². The van der Waals surface area contributed by atoms with Crippen LogP contribution in [0.2, 0.25) is 5.28 Å². The maximum absolute atomic E-state index is 5.98. The Morgan fingerprint density at radius 3 is 2.56 bits per heavy atom. The van der Waals surface area contributed by atoms with Crippen LogP contribution in [0.1, 0.15) is 26.7 Å². The minimum atomic E-state index is 0.258. The third-order valence-corrected chi connectivity index (χ3v) is 3.53. The van der Waals surface area contributed by atoms with E-state index in [0.717, 1.165) is 6.54 Å². The number of nitrogens with zero attached hydrogens (tertiary/aromatic N) is 5. The summed E-state index contributed by atoms with van der Waals surface area (Å²) in [5.41, 5.74) is 0. The fourth-order valence-corrected chi connectivity index (χ4v) is 2.38. The summed E-state index contributed by atoms with van der Waals surface area (Å²) in [5, 5.41) is 0.258. The quantitative estimate of drug-likeness (QED) is 0.824. The van der Waals surface area contributed by atoms with Crippen molar-refractivity contribution in [2.24, 2.45) is 5.92 Å². The molecular weight excluding hydrogens is 250 g/mol. The lowest BCUT2D eigenvalue weighted by molar-refractivity contribution is 0.385. The first-order chi connectivity index (χ1) is 8.47. The first-order valence-corrected chi connectivity index (χ1v) is 6.70. The Labute approximate surface area is 113 Å². The summed E-state index contributed by atoms with van der Waals surface area (Å²) in [5.74, 6) is 1.97. The molecule has 2 rings (SSSR count). The van der Waals surface area contributed by atoms with Crippen LogP contribution in [0.15, 0.2) is 0 Å². The lowest BCUT2D eigenvalue weighted by Crippen LogP contribution is -2.42. The van der Waals surface area contributed by atoms with Crippen molar-refractivity contribution >= 4 is 23.5 Å². The summed E-state index contributed by atoms with van der Waals surface area (Å²) >= 11 is 5.98. The van der Waals surface area contributed by atoms with Gasteiger partial charge < -0.3 is 9.80 Å². The predicted octanol–water partition coefficient (Wildman–Crippen LogP) is 2.22. The van der Waals surface area contributed by atoms with E-state index in [1.165, 1.54) is 12.8 Å². The number of anilines is 2. The lowest BCUT2D eigenvalue weighted by Gasteiger charge is -2.36. The number of aromatic nitrogens is 3. The Hall–Kier alpha value is -1.10. The standard InChI is InChI=1S/C12H20ClN5/c1-8-5-6-9(2)18(7-8)12-15-10(13)14-11(16-12)17(3)4/h8-9H,5-7H2,1-4H3. The number of rotatable bonds is 2. The van der Waals surface area contributed by atoms with Crippen LogP contribution in [0, 0.1) is 5.92 Å². The molecule has 0 aromatic carbocycles. The average Bonchev–Trinajstić information content (AvgIpc) is 2.31. The Balaban J connectivity index is 2.31. The van der Waals surface area contributed by atoms with Crippen LogP contribution in [0.3, 0.4) is 0 Å². The van der Waals surface area contributed by atoms with E-state index in [0.29, 0.717) is 23.9 Å². The van der Waals surface area contributed by atoms with Gasteiger partial charge >= 0.3 is 0 Å². The topological polar surface area (TPSA) is 45.2 Å². The molecule has 18 heavy (non-hydrogen) atoms. The minimum Gasteiger partial charge on any atom is -0.347 e. The van der Waals surface area contributed by atoms with Crippen molar-refractivity contribution in [1.82, 2.24) is 15.0 Å². The number of halogens is 1. The van der Waals surface area contributed by atoms with Crippen molar-refractivity contribution in [2.75, 3.05) is 30.4 Å². The first kappa shape index (κ1) is 13.3. The molecule has 5 nitrogen and oxygen atoms in total. The molecule has 0 radical (unpaired) electrons. The molecule has 100 valence electrons. The Morgan fingerprint density at radius 2 is 1.89 bits per heavy atom. The van der Waals surface area contributed by atoms with E-state index in [-0.39, 0.29) is 5.28 Å². The van der Waals surface area contributed by atoms with Crippen LogP contribution in [-0.4, -0.2) is 41.6 Å². The number of hydrogen-bond acceptors (Lipinski definition) is 5. The SMILES string of the molecule is CC1CCC(C)N(c2nc(Cl)nc(N(C)C)n2)C1. The van der Waals surface area contributed by atoms with Gasteiger partial charge in [0.05, 0.1) is 0 Å². The summed E-state index contributed by atoms with van der Waals surface area (Å²) in [6.45, 7) is 5.45. The van der Waals surface area contributed by atoms with Gasteiger partial charge in [0.1, 0.15) is 0 Å². The number of hydrogen-bond donors (Lipinski definition) is 0. The fourth-order valence-electron chi connectivity index (χ4n) is 2.23. The molecule has 0 saturated carbocycles. The average molecular weight is 270 g/mol. The molecule has 2 atom stereocenters. The second-order valence-electron chi connectivity index (χ2n) is 5.28. The largest absolute Gasteiger partial charge is 0.347 e. The summed E-state index contributed by atoms with van der Waals surface area (Å²) in [6.07, 6.45) is 2.43.